The number of aromatic nitrogens is 2. The van der Waals surface area contributed by atoms with E-state index in [1.54, 1.807) is 10.7 Å². The van der Waals surface area contributed by atoms with E-state index < -0.39 is 0 Å². The molecular formula is C19H25N3O3. The van der Waals surface area contributed by atoms with Crippen molar-refractivity contribution in [1.82, 2.24) is 14.7 Å². The van der Waals surface area contributed by atoms with E-state index in [0.717, 1.165) is 31.2 Å². The maximum atomic E-state index is 12.5. The summed E-state index contributed by atoms with van der Waals surface area (Å²) in [6, 6.07) is 7.59. The average Bonchev–Trinajstić information content (AvgIpc) is 2.67. The summed E-state index contributed by atoms with van der Waals surface area (Å²) in [6.07, 6.45) is 5.53. The van der Waals surface area contributed by atoms with Crippen LogP contribution in [0.2, 0.25) is 0 Å². The van der Waals surface area contributed by atoms with Gasteiger partial charge in [-0.25, -0.2) is 0 Å². The Hall–Kier alpha value is -2.21. The lowest BCUT2D eigenvalue weighted by Crippen LogP contribution is -2.40. The van der Waals surface area contributed by atoms with E-state index in [-0.39, 0.29) is 24.0 Å². The van der Waals surface area contributed by atoms with Crippen molar-refractivity contribution in [2.45, 2.75) is 44.7 Å². The topological polar surface area (TPSA) is 75.4 Å². The number of aliphatic hydroxyl groups excluding tert-OH is 1. The first-order valence-corrected chi connectivity index (χ1v) is 8.91. The van der Waals surface area contributed by atoms with Gasteiger partial charge in [-0.2, -0.15) is 5.10 Å². The molecule has 1 saturated carbocycles. The molecule has 6 heteroatoms. The van der Waals surface area contributed by atoms with Crippen LogP contribution >= 0.6 is 0 Å². The van der Waals surface area contributed by atoms with Crippen LogP contribution in [0.4, 0.5) is 0 Å². The molecule has 2 aromatic rings. The lowest BCUT2D eigenvalue weighted by atomic mass is 9.86. The highest BCUT2D eigenvalue weighted by molar-refractivity contribution is 5.79. The third-order valence-corrected chi connectivity index (χ3v) is 5.32. The van der Waals surface area contributed by atoms with Gasteiger partial charge < -0.3 is 10.0 Å². The Labute approximate surface area is 147 Å². The van der Waals surface area contributed by atoms with Gasteiger partial charge in [0.25, 0.3) is 0 Å². The molecule has 0 unspecified atom stereocenters. The fourth-order valence-electron chi connectivity index (χ4n) is 3.64. The first kappa shape index (κ1) is 17.6. The van der Waals surface area contributed by atoms with Gasteiger partial charge in [0.1, 0.15) is 0 Å². The third-order valence-electron chi connectivity index (χ3n) is 5.32. The van der Waals surface area contributed by atoms with E-state index in [0.29, 0.717) is 24.3 Å². The highest BCUT2D eigenvalue weighted by atomic mass is 16.3. The summed E-state index contributed by atoms with van der Waals surface area (Å²) in [6.45, 7) is 0.700. The van der Waals surface area contributed by atoms with Gasteiger partial charge in [-0.05, 0) is 43.7 Å². The second-order valence-corrected chi connectivity index (χ2v) is 6.86. The van der Waals surface area contributed by atoms with Crippen LogP contribution in [0.25, 0.3) is 10.9 Å². The molecule has 0 spiro atoms. The molecule has 1 aromatic heterocycles. The summed E-state index contributed by atoms with van der Waals surface area (Å²) < 4.78 is 1.73. The Bertz CT molecular complexity index is 794. The number of hydrogen-bond donors (Lipinski definition) is 1. The van der Waals surface area contributed by atoms with Gasteiger partial charge in [0.15, 0.2) is 0 Å². The largest absolute Gasteiger partial charge is 0.396 e. The van der Waals surface area contributed by atoms with E-state index in [1.165, 1.54) is 6.20 Å². The quantitative estimate of drug-likeness (QED) is 0.898. The molecule has 6 nitrogen and oxygen atoms in total. The normalized spacial score (nSPS) is 20.6. The minimum absolute atomic E-state index is 0.0945. The standard InChI is InChI=1S/C19H25N3O3/c1-21(15-8-6-14(13-23)7-9-15)19(25)10-11-22-17-5-3-2-4-16(17)18(24)12-20-22/h2-5,12,14-15,23H,6-11,13H2,1H3. The molecule has 0 bridgehead atoms. The van der Waals surface area contributed by atoms with Gasteiger partial charge in [-0.3, -0.25) is 14.3 Å². The van der Waals surface area contributed by atoms with Gasteiger partial charge in [-0.15, -0.1) is 0 Å². The van der Waals surface area contributed by atoms with Crippen LogP contribution in [0.3, 0.4) is 0 Å². The fraction of sp³-hybridized carbons (Fsp3) is 0.526. The molecule has 1 aliphatic carbocycles. The molecule has 0 saturated heterocycles. The minimum atomic E-state index is -0.101. The highest BCUT2D eigenvalue weighted by Crippen LogP contribution is 2.27. The number of fused-ring (bicyclic) bond motifs is 1. The van der Waals surface area contributed by atoms with Gasteiger partial charge in [0.05, 0.1) is 18.3 Å². The second kappa shape index (κ2) is 7.78. The summed E-state index contributed by atoms with van der Waals surface area (Å²) in [7, 11) is 1.86. The molecule has 25 heavy (non-hydrogen) atoms. The van der Waals surface area contributed by atoms with Crippen LogP contribution < -0.4 is 5.43 Å². The van der Waals surface area contributed by atoms with Crippen molar-refractivity contribution in [3.05, 3.63) is 40.7 Å². The zero-order valence-corrected chi connectivity index (χ0v) is 14.6. The molecule has 0 radical (unpaired) electrons. The van der Waals surface area contributed by atoms with E-state index in [9.17, 15) is 14.7 Å². The summed E-state index contributed by atoms with van der Waals surface area (Å²) in [5.74, 6) is 0.480. The molecule has 0 atom stereocenters. The average molecular weight is 343 g/mol. The summed E-state index contributed by atoms with van der Waals surface area (Å²) in [5.41, 5.74) is 0.657. The Morgan fingerprint density at radius 3 is 2.72 bits per heavy atom. The highest BCUT2D eigenvalue weighted by Gasteiger charge is 2.26. The number of para-hydroxylation sites is 1. The van der Waals surface area contributed by atoms with Crippen molar-refractivity contribution in [2.24, 2.45) is 5.92 Å². The lowest BCUT2D eigenvalue weighted by molar-refractivity contribution is -0.133. The molecule has 3 rings (SSSR count). The van der Waals surface area contributed by atoms with Crippen LogP contribution in [-0.2, 0) is 11.3 Å². The van der Waals surface area contributed by atoms with Crippen molar-refractivity contribution in [2.75, 3.05) is 13.7 Å². The monoisotopic (exact) mass is 343 g/mol. The number of aryl methyl sites for hydroxylation is 1. The zero-order valence-electron chi connectivity index (χ0n) is 14.6. The smallest absolute Gasteiger partial charge is 0.224 e. The number of carbonyl (C=O) groups excluding carboxylic acids is 1. The van der Waals surface area contributed by atoms with Crippen molar-refractivity contribution in [3.8, 4) is 0 Å². The van der Waals surface area contributed by atoms with E-state index in [2.05, 4.69) is 5.10 Å². The first-order valence-electron chi connectivity index (χ1n) is 8.91. The van der Waals surface area contributed by atoms with Crippen LogP contribution in [0, 0.1) is 5.92 Å². The molecule has 134 valence electrons. The maximum Gasteiger partial charge on any atom is 0.224 e. The predicted molar refractivity (Wildman–Crippen MR) is 96.2 cm³/mol. The Kier molecular flexibility index (Phi) is 5.48. The second-order valence-electron chi connectivity index (χ2n) is 6.86. The summed E-state index contributed by atoms with van der Waals surface area (Å²) in [5, 5.41) is 14.0. The molecule has 1 amide bonds. The molecule has 1 heterocycles. The lowest BCUT2D eigenvalue weighted by Gasteiger charge is -2.34. The minimum Gasteiger partial charge on any atom is -0.396 e. The first-order chi connectivity index (χ1) is 12.1. The number of rotatable bonds is 5. The van der Waals surface area contributed by atoms with E-state index in [1.807, 2.05) is 30.1 Å². The van der Waals surface area contributed by atoms with Gasteiger partial charge in [0.2, 0.25) is 11.3 Å². The fourth-order valence-corrected chi connectivity index (χ4v) is 3.64. The van der Waals surface area contributed by atoms with Crippen LogP contribution in [-0.4, -0.2) is 45.4 Å². The zero-order chi connectivity index (χ0) is 17.8. The SMILES string of the molecule is CN(C(=O)CCn1ncc(=O)c2ccccc21)C1CCC(CO)CC1. The molecule has 1 N–H and O–H groups in total. The molecule has 1 aliphatic rings. The van der Waals surface area contributed by atoms with E-state index >= 15 is 0 Å². The van der Waals surface area contributed by atoms with Crippen molar-refractivity contribution < 1.29 is 9.90 Å². The van der Waals surface area contributed by atoms with Crippen molar-refractivity contribution in [3.63, 3.8) is 0 Å². The number of nitrogens with zero attached hydrogens (tertiary/aromatic N) is 3. The van der Waals surface area contributed by atoms with Gasteiger partial charge in [-0.1, -0.05) is 12.1 Å². The predicted octanol–water partition coefficient (Wildman–Crippen LogP) is 1.80. The Balaban J connectivity index is 1.63. The number of hydrogen-bond acceptors (Lipinski definition) is 4. The molecule has 0 aliphatic heterocycles. The number of aliphatic hydroxyl groups is 1. The third kappa shape index (κ3) is 3.90. The molecular weight excluding hydrogens is 318 g/mol. The van der Waals surface area contributed by atoms with Crippen LogP contribution in [0.5, 0.6) is 0 Å². The summed E-state index contributed by atoms with van der Waals surface area (Å²) in [4.78, 5) is 26.3. The van der Waals surface area contributed by atoms with E-state index in [4.69, 9.17) is 0 Å². The number of benzene rings is 1. The summed E-state index contributed by atoms with van der Waals surface area (Å²) >= 11 is 0. The number of amides is 1. The Morgan fingerprint density at radius 1 is 1.28 bits per heavy atom. The Morgan fingerprint density at radius 2 is 2.00 bits per heavy atom. The van der Waals surface area contributed by atoms with Crippen LogP contribution in [0.1, 0.15) is 32.1 Å². The maximum absolute atomic E-state index is 12.5. The molecule has 1 aromatic carbocycles. The van der Waals surface area contributed by atoms with Gasteiger partial charge >= 0.3 is 0 Å². The van der Waals surface area contributed by atoms with Crippen molar-refractivity contribution >= 4 is 16.8 Å². The van der Waals surface area contributed by atoms with Crippen molar-refractivity contribution in [1.29, 1.82) is 0 Å². The van der Waals surface area contributed by atoms with Gasteiger partial charge in [0, 0.05) is 31.5 Å². The molecule has 1 fully saturated rings. The van der Waals surface area contributed by atoms with Crippen LogP contribution in [0.15, 0.2) is 35.3 Å². The number of carbonyl (C=O) groups is 1.